The van der Waals surface area contributed by atoms with Crippen molar-refractivity contribution in [1.29, 1.82) is 0 Å². The van der Waals surface area contributed by atoms with Gasteiger partial charge in [0, 0.05) is 19.8 Å². The molecule has 2 heterocycles. The summed E-state index contributed by atoms with van der Waals surface area (Å²) >= 11 is 7.65. The maximum Gasteiger partial charge on any atom is 0.277 e. The largest absolute Gasteiger partial charge is 0.440 e. The number of benzene rings is 1. The van der Waals surface area contributed by atoms with Crippen LogP contribution in [0.2, 0.25) is 5.02 Å². The van der Waals surface area contributed by atoms with Crippen LogP contribution in [0.15, 0.2) is 40.1 Å². The first kappa shape index (κ1) is 18.2. The Morgan fingerprint density at radius 2 is 2.04 bits per heavy atom. The van der Waals surface area contributed by atoms with E-state index in [2.05, 4.69) is 10.3 Å². The summed E-state index contributed by atoms with van der Waals surface area (Å²) in [6, 6.07) is 8.49. The van der Waals surface area contributed by atoms with E-state index in [1.807, 2.05) is 17.5 Å². The van der Waals surface area contributed by atoms with Crippen LogP contribution in [0.3, 0.4) is 0 Å². The molecule has 0 atom stereocenters. The van der Waals surface area contributed by atoms with Crippen LogP contribution in [0.25, 0.3) is 10.8 Å². The summed E-state index contributed by atoms with van der Waals surface area (Å²) in [6.45, 7) is 1.69. The van der Waals surface area contributed by atoms with E-state index in [0.717, 1.165) is 4.88 Å². The molecule has 0 aliphatic heterocycles. The van der Waals surface area contributed by atoms with E-state index >= 15 is 0 Å². The molecule has 0 unspecified atom stereocenters. The Bertz CT molecular complexity index is 964. The van der Waals surface area contributed by atoms with Crippen molar-refractivity contribution >= 4 is 40.4 Å². The van der Waals surface area contributed by atoms with Crippen molar-refractivity contribution in [2.24, 2.45) is 0 Å². The lowest BCUT2D eigenvalue weighted by Gasteiger charge is -2.12. The fourth-order valence-corrected chi connectivity index (χ4v) is 3.22. The van der Waals surface area contributed by atoms with E-state index in [-0.39, 0.29) is 16.6 Å². The van der Waals surface area contributed by atoms with Gasteiger partial charge in [-0.1, -0.05) is 17.7 Å². The van der Waals surface area contributed by atoms with Gasteiger partial charge >= 0.3 is 0 Å². The van der Waals surface area contributed by atoms with Crippen molar-refractivity contribution in [3.8, 4) is 10.8 Å². The Labute approximate surface area is 159 Å². The number of halogens is 1. The smallest absolute Gasteiger partial charge is 0.277 e. The van der Waals surface area contributed by atoms with Gasteiger partial charge in [0.1, 0.15) is 5.76 Å². The van der Waals surface area contributed by atoms with Crippen molar-refractivity contribution in [2.75, 3.05) is 19.4 Å². The maximum absolute atomic E-state index is 12.5. The fraction of sp³-hybridized carbons (Fsp3) is 0.167. The van der Waals surface area contributed by atoms with E-state index in [0.29, 0.717) is 22.9 Å². The van der Waals surface area contributed by atoms with Gasteiger partial charge in [0.05, 0.1) is 15.5 Å². The van der Waals surface area contributed by atoms with E-state index < -0.39 is 5.91 Å². The number of rotatable bonds is 4. The predicted octanol–water partition coefficient (Wildman–Crippen LogP) is 4.32. The average molecular weight is 390 g/mol. The van der Waals surface area contributed by atoms with Crippen LogP contribution in [0.4, 0.5) is 5.69 Å². The lowest BCUT2D eigenvalue weighted by molar-refractivity contribution is 0.0827. The number of hydrogen-bond acceptors (Lipinski definition) is 5. The fourth-order valence-electron chi connectivity index (χ4n) is 2.31. The number of carbonyl (C=O) groups is 2. The number of thiophene rings is 1. The molecular weight excluding hydrogens is 374 g/mol. The highest BCUT2D eigenvalue weighted by Gasteiger charge is 2.19. The molecular formula is C18H16ClN3O3S. The third-order valence-electron chi connectivity index (χ3n) is 3.61. The lowest BCUT2D eigenvalue weighted by atomic mass is 10.2. The number of hydrogen-bond donors (Lipinski definition) is 1. The van der Waals surface area contributed by atoms with Gasteiger partial charge in [-0.25, -0.2) is 4.98 Å². The molecule has 1 aromatic carbocycles. The molecule has 0 fully saturated rings. The maximum atomic E-state index is 12.5. The first-order chi connectivity index (χ1) is 12.4. The molecule has 0 saturated carbocycles. The first-order valence-electron chi connectivity index (χ1n) is 7.70. The van der Waals surface area contributed by atoms with Gasteiger partial charge in [-0.3, -0.25) is 9.59 Å². The van der Waals surface area contributed by atoms with Crippen LogP contribution in [0, 0.1) is 6.92 Å². The summed E-state index contributed by atoms with van der Waals surface area (Å²) in [6.07, 6.45) is 0. The van der Waals surface area contributed by atoms with Gasteiger partial charge in [-0.15, -0.1) is 11.3 Å². The lowest BCUT2D eigenvalue weighted by Crippen LogP contribution is -2.22. The molecule has 134 valence electrons. The van der Waals surface area contributed by atoms with Gasteiger partial charge in [0.25, 0.3) is 11.8 Å². The van der Waals surface area contributed by atoms with E-state index in [4.69, 9.17) is 16.0 Å². The summed E-state index contributed by atoms with van der Waals surface area (Å²) in [5.41, 5.74) is 1.04. The number of amides is 2. The van der Waals surface area contributed by atoms with E-state index in [1.165, 1.54) is 22.3 Å². The van der Waals surface area contributed by atoms with E-state index in [1.54, 1.807) is 33.2 Å². The molecule has 2 amide bonds. The number of carbonyl (C=O) groups excluding carboxylic acids is 2. The van der Waals surface area contributed by atoms with Crippen LogP contribution >= 0.6 is 22.9 Å². The second-order valence-electron chi connectivity index (χ2n) is 5.75. The molecule has 0 aliphatic rings. The van der Waals surface area contributed by atoms with Crippen LogP contribution < -0.4 is 5.32 Å². The molecule has 0 spiro atoms. The number of anilines is 1. The number of aromatic nitrogens is 1. The molecule has 0 aliphatic carbocycles. The van der Waals surface area contributed by atoms with Gasteiger partial charge < -0.3 is 14.6 Å². The number of aryl methyl sites for hydroxylation is 1. The van der Waals surface area contributed by atoms with Gasteiger partial charge in [0.2, 0.25) is 5.89 Å². The third-order valence-corrected chi connectivity index (χ3v) is 4.78. The molecule has 26 heavy (non-hydrogen) atoms. The second-order valence-corrected chi connectivity index (χ2v) is 7.10. The Morgan fingerprint density at radius 3 is 2.65 bits per heavy atom. The average Bonchev–Trinajstić information content (AvgIpc) is 3.23. The Balaban J connectivity index is 1.80. The van der Waals surface area contributed by atoms with Crippen molar-refractivity contribution < 1.29 is 14.0 Å². The second kappa shape index (κ2) is 7.31. The van der Waals surface area contributed by atoms with Crippen LogP contribution in [-0.4, -0.2) is 35.8 Å². The molecule has 0 bridgehead atoms. The Kier molecular flexibility index (Phi) is 5.11. The molecule has 0 radical (unpaired) electrons. The highest BCUT2D eigenvalue weighted by atomic mass is 35.5. The van der Waals surface area contributed by atoms with Crippen molar-refractivity contribution in [2.45, 2.75) is 6.92 Å². The number of nitrogens with one attached hydrogen (secondary N) is 1. The van der Waals surface area contributed by atoms with Crippen LogP contribution in [-0.2, 0) is 0 Å². The number of oxazole rings is 1. The monoisotopic (exact) mass is 389 g/mol. The molecule has 1 N–H and O–H groups in total. The minimum absolute atomic E-state index is 0.206. The van der Waals surface area contributed by atoms with Crippen LogP contribution in [0.1, 0.15) is 26.6 Å². The van der Waals surface area contributed by atoms with E-state index in [9.17, 15) is 9.59 Å². The highest BCUT2D eigenvalue weighted by molar-refractivity contribution is 7.13. The molecule has 6 nitrogen and oxygen atoms in total. The molecule has 3 aromatic rings. The topological polar surface area (TPSA) is 75.4 Å². The first-order valence-corrected chi connectivity index (χ1v) is 8.96. The minimum Gasteiger partial charge on any atom is -0.440 e. The number of nitrogens with zero attached hydrogens (tertiary/aromatic N) is 2. The van der Waals surface area contributed by atoms with Gasteiger partial charge in [-0.2, -0.15) is 0 Å². The van der Waals surface area contributed by atoms with Crippen LogP contribution in [0.5, 0.6) is 0 Å². The van der Waals surface area contributed by atoms with Crippen molar-refractivity contribution in [3.05, 3.63) is 57.8 Å². The zero-order valence-electron chi connectivity index (χ0n) is 14.4. The van der Waals surface area contributed by atoms with Gasteiger partial charge in [-0.05, 0) is 36.6 Å². The minimum atomic E-state index is -0.406. The molecule has 2 aromatic heterocycles. The quantitative estimate of drug-likeness (QED) is 0.721. The van der Waals surface area contributed by atoms with Crippen molar-refractivity contribution in [1.82, 2.24) is 9.88 Å². The standard InChI is InChI=1S/C18H16ClN3O3S/c1-10-15(21-17(25-10)14-5-4-8-26-14)16(23)20-11-6-7-12(13(19)9-11)18(24)22(2)3/h4-9H,1-3H3,(H,20,23). The summed E-state index contributed by atoms with van der Waals surface area (Å²) in [4.78, 5) is 31.1. The summed E-state index contributed by atoms with van der Waals surface area (Å²) < 4.78 is 5.58. The normalized spacial score (nSPS) is 10.6. The molecule has 3 rings (SSSR count). The molecule has 0 saturated heterocycles. The predicted molar refractivity (Wildman–Crippen MR) is 102 cm³/mol. The highest BCUT2D eigenvalue weighted by Crippen LogP contribution is 2.27. The summed E-state index contributed by atoms with van der Waals surface area (Å²) in [5, 5.41) is 4.90. The third kappa shape index (κ3) is 3.63. The zero-order chi connectivity index (χ0) is 18.8. The van der Waals surface area contributed by atoms with Crippen molar-refractivity contribution in [3.63, 3.8) is 0 Å². The Morgan fingerprint density at radius 1 is 1.27 bits per heavy atom. The zero-order valence-corrected chi connectivity index (χ0v) is 15.9. The SMILES string of the molecule is Cc1oc(-c2cccs2)nc1C(=O)Nc1ccc(C(=O)N(C)C)c(Cl)c1. The summed E-state index contributed by atoms with van der Waals surface area (Å²) in [5.74, 6) is 0.224. The summed E-state index contributed by atoms with van der Waals surface area (Å²) in [7, 11) is 3.29. The molecule has 8 heteroatoms. The Hall–Kier alpha value is -2.64. The van der Waals surface area contributed by atoms with Gasteiger partial charge in [0.15, 0.2) is 5.69 Å².